The van der Waals surface area contributed by atoms with Gasteiger partial charge in [0.25, 0.3) is 0 Å². The summed E-state index contributed by atoms with van der Waals surface area (Å²) >= 11 is 10.7. The molecule has 102 valence electrons. The first kappa shape index (κ1) is 16.1. The summed E-state index contributed by atoms with van der Waals surface area (Å²) < 4.78 is 14.9. The molecule has 1 rings (SSSR count). The van der Waals surface area contributed by atoms with Crippen LogP contribution in [-0.4, -0.2) is 14.3 Å². The second-order valence-corrected chi connectivity index (χ2v) is 7.72. The molecule has 0 saturated carbocycles. The van der Waals surface area contributed by atoms with Crippen molar-refractivity contribution < 1.29 is 4.55 Å². The van der Waals surface area contributed by atoms with Crippen LogP contribution in [0.25, 0.3) is 0 Å². The lowest BCUT2D eigenvalue weighted by Gasteiger charge is -2.27. The van der Waals surface area contributed by atoms with E-state index in [-0.39, 0.29) is 10.8 Å². The Balaban J connectivity index is 2.90. The molecule has 1 N–H and O–H groups in total. The quantitative estimate of drug-likeness (QED) is 0.678. The zero-order valence-electron chi connectivity index (χ0n) is 11.0. The van der Waals surface area contributed by atoms with Gasteiger partial charge >= 0.3 is 0 Å². The zero-order valence-corrected chi connectivity index (χ0v) is 13.3. The smallest absolute Gasteiger partial charge is 0.136 e. The van der Waals surface area contributed by atoms with Crippen molar-refractivity contribution in [1.29, 1.82) is 0 Å². The first-order chi connectivity index (χ1) is 8.25. The molecule has 0 aliphatic heterocycles. The topological polar surface area (TPSA) is 48.0 Å². The summed E-state index contributed by atoms with van der Waals surface area (Å²) in [6, 6.07) is 3.41. The normalized spacial score (nSPS) is 15.5. The maximum absolute atomic E-state index is 12.1. The highest BCUT2D eigenvalue weighted by Crippen LogP contribution is 2.27. The zero-order chi connectivity index (χ0) is 13.9. The predicted molar refractivity (Wildman–Crippen MR) is 78.3 cm³/mol. The van der Waals surface area contributed by atoms with Crippen molar-refractivity contribution in [3.05, 3.63) is 28.0 Å². The van der Waals surface area contributed by atoms with Gasteiger partial charge in [-0.05, 0) is 33.3 Å². The van der Waals surface area contributed by atoms with Gasteiger partial charge in [0, 0.05) is 16.9 Å². The van der Waals surface area contributed by atoms with E-state index in [0.717, 1.165) is 12.0 Å². The molecule has 0 aromatic carbocycles. The maximum Gasteiger partial charge on any atom is 0.136 e. The molecule has 0 saturated heterocycles. The van der Waals surface area contributed by atoms with Crippen molar-refractivity contribution in [3.63, 3.8) is 0 Å². The summed E-state index contributed by atoms with van der Waals surface area (Å²) in [6.45, 7) is 7.77. The second-order valence-electron chi connectivity index (χ2n) is 4.97. The Hall–Kier alpha value is -0.0000000000000000555. The monoisotopic (exact) mass is 308 g/mol. The number of hydrogen-bond donors (Lipinski definition) is 1. The van der Waals surface area contributed by atoms with Crippen molar-refractivity contribution in [1.82, 2.24) is 9.71 Å². The van der Waals surface area contributed by atoms with E-state index < -0.39 is 11.4 Å². The maximum atomic E-state index is 12.1. The summed E-state index contributed by atoms with van der Waals surface area (Å²) in [5.41, 5.74) is 0.821. The van der Waals surface area contributed by atoms with E-state index >= 15 is 0 Å². The third-order valence-corrected chi connectivity index (χ3v) is 4.56. The molecule has 1 aromatic heterocycles. The molecule has 18 heavy (non-hydrogen) atoms. The number of aromatic nitrogens is 1. The van der Waals surface area contributed by atoms with E-state index in [1.165, 1.54) is 0 Å². The first-order valence-corrected chi connectivity index (χ1v) is 7.66. The molecule has 0 spiro atoms. The number of pyridine rings is 1. The van der Waals surface area contributed by atoms with Gasteiger partial charge in [-0.15, -0.1) is 4.72 Å². The molecule has 6 heteroatoms. The van der Waals surface area contributed by atoms with Gasteiger partial charge in [-0.2, -0.15) is 0 Å². The largest absolute Gasteiger partial charge is 0.598 e. The Bertz CT molecular complexity index is 410. The van der Waals surface area contributed by atoms with Gasteiger partial charge in [0.2, 0.25) is 0 Å². The van der Waals surface area contributed by atoms with Gasteiger partial charge in [-0.25, -0.2) is 4.98 Å². The lowest BCUT2D eigenvalue weighted by atomic mass is 10.1. The Morgan fingerprint density at radius 2 is 2.00 bits per heavy atom. The number of nitrogens with zero attached hydrogens (tertiary/aromatic N) is 1. The Morgan fingerprint density at radius 3 is 2.44 bits per heavy atom. The molecule has 0 aliphatic rings. The third kappa shape index (κ3) is 4.28. The number of halogens is 2. The van der Waals surface area contributed by atoms with Gasteiger partial charge in [-0.3, -0.25) is 0 Å². The van der Waals surface area contributed by atoms with Crippen LogP contribution in [0.3, 0.4) is 0 Å². The van der Waals surface area contributed by atoms with E-state index in [0.29, 0.717) is 10.3 Å². The third-order valence-electron chi connectivity index (χ3n) is 2.43. The molecular weight excluding hydrogens is 291 g/mol. The van der Waals surface area contributed by atoms with Crippen LogP contribution in [0.15, 0.2) is 12.1 Å². The lowest BCUT2D eigenvalue weighted by molar-refractivity contribution is 0.518. The molecule has 1 heterocycles. The molecule has 2 unspecified atom stereocenters. The van der Waals surface area contributed by atoms with E-state index in [2.05, 4.69) is 9.71 Å². The van der Waals surface area contributed by atoms with Gasteiger partial charge in [-0.1, -0.05) is 36.2 Å². The van der Waals surface area contributed by atoms with Crippen LogP contribution in [0.4, 0.5) is 0 Å². The van der Waals surface area contributed by atoms with Crippen LogP contribution in [0.5, 0.6) is 0 Å². The van der Waals surface area contributed by atoms with Crippen LogP contribution in [0.1, 0.15) is 45.7 Å². The fourth-order valence-corrected chi connectivity index (χ4v) is 2.74. The fourth-order valence-electron chi connectivity index (χ4n) is 1.36. The molecule has 0 bridgehead atoms. The number of rotatable bonds is 4. The first-order valence-electron chi connectivity index (χ1n) is 5.75. The molecular formula is C12H18Cl2N2OS. The summed E-state index contributed by atoms with van der Waals surface area (Å²) in [5.74, 6) is 0. The Kier molecular flexibility index (Phi) is 5.74. The minimum Gasteiger partial charge on any atom is -0.598 e. The van der Waals surface area contributed by atoms with Gasteiger partial charge < -0.3 is 4.55 Å². The van der Waals surface area contributed by atoms with Crippen molar-refractivity contribution in [2.24, 2.45) is 0 Å². The van der Waals surface area contributed by atoms with Crippen molar-refractivity contribution in [3.8, 4) is 0 Å². The minimum atomic E-state index is -1.15. The average Bonchev–Trinajstić information content (AvgIpc) is 2.25. The van der Waals surface area contributed by atoms with Crippen LogP contribution in [0.2, 0.25) is 10.3 Å². The molecule has 0 fully saturated rings. The fraction of sp³-hybridized carbons (Fsp3) is 0.583. The standard InChI is InChI=1S/C12H18Cl2N2OS/c1-5-9(16-18(17)12(2,3)4)8-6-7-10(13)15-11(8)14/h6-7,9,16H,5H2,1-4H3. The highest BCUT2D eigenvalue weighted by Gasteiger charge is 2.30. The summed E-state index contributed by atoms with van der Waals surface area (Å²) in [5, 5.41) is 0.711. The van der Waals surface area contributed by atoms with Crippen LogP contribution < -0.4 is 4.72 Å². The van der Waals surface area contributed by atoms with E-state index in [1.54, 1.807) is 6.07 Å². The highest BCUT2D eigenvalue weighted by atomic mass is 35.5. The van der Waals surface area contributed by atoms with Gasteiger partial charge in [0.15, 0.2) is 0 Å². The molecule has 0 amide bonds. The molecule has 0 radical (unpaired) electrons. The summed E-state index contributed by atoms with van der Waals surface area (Å²) in [7, 11) is 0. The van der Waals surface area contributed by atoms with Gasteiger partial charge in [0.1, 0.15) is 15.1 Å². The average molecular weight is 309 g/mol. The van der Waals surface area contributed by atoms with Crippen LogP contribution in [0, 0.1) is 0 Å². The molecule has 1 aromatic rings. The van der Waals surface area contributed by atoms with Crippen molar-refractivity contribution >= 4 is 34.6 Å². The molecule has 3 nitrogen and oxygen atoms in total. The molecule has 0 aliphatic carbocycles. The van der Waals surface area contributed by atoms with Crippen molar-refractivity contribution in [2.45, 2.75) is 44.9 Å². The van der Waals surface area contributed by atoms with Gasteiger partial charge in [0.05, 0.1) is 6.04 Å². The van der Waals surface area contributed by atoms with E-state index in [9.17, 15) is 4.55 Å². The van der Waals surface area contributed by atoms with Crippen molar-refractivity contribution in [2.75, 3.05) is 0 Å². The number of hydrogen-bond acceptors (Lipinski definition) is 3. The molecule has 2 atom stereocenters. The minimum absolute atomic E-state index is 0.0951. The highest BCUT2D eigenvalue weighted by molar-refractivity contribution is 7.90. The Labute approximate surface area is 122 Å². The van der Waals surface area contributed by atoms with E-state index in [4.69, 9.17) is 23.2 Å². The summed E-state index contributed by atoms with van der Waals surface area (Å²) in [4.78, 5) is 4.00. The Morgan fingerprint density at radius 1 is 1.39 bits per heavy atom. The SMILES string of the molecule is CCC(N[S+]([O-])C(C)(C)C)c1ccc(Cl)nc1Cl. The summed E-state index contributed by atoms with van der Waals surface area (Å²) in [6.07, 6.45) is 0.769. The predicted octanol–water partition coefficient (Wildman–Crippen LogP) is 3.89. The second kappa shape index (κ2) is 6.44. The van der Waals surface area contributed by atoms with E-state index in [1.807, 2.05) is 33.8 Å². The lowest BCUT2D eigenvalue weighted by Crippen LogP contribution is -2.41. The number of nitrogens with one attached hydrogen (secondary N) is 1. The van der Waals surface area contributed by atoms with Crippen LogP contribution >= 0.6 is 23.2 Å². The van der Waals surface area contributed by atoms with Crippen LogP contribution in [-0.2, 0) is 11.4 Å².